The molecule has 0 fully saturated rings. The largest absolute Gasteiger partial charge is 0.387 e. The molecular formula is C48H93NO6S. The van der Waals surface area contributed by atoms with E-state index in [0.29, 0.717) is 12.8 Å². The van der Waals surface area contributed by atoms with Gasteiger partial charge in [0.05, 0.1) is 17.9 Å². The van der Waals surface area contributed by atoms with Gasteiger partial charge in [-0.3, -0.25) is 9.35 Å². The van der Waals surface area contributed by atoms with Crippen LogP contribution in [-0.4, -0.2) is 53.1 Å². The number of aliphatic hydroxyl groups excluding tert-OH is 2. The van der Waals surface area contributed by atoms with Gasteiger partial charge in [0.15, 0.2) is 0 Å². The van der Waals surface area contributed by atoms with Gasteiger partial charge in [-0.15, -0.1) is 0 Å². The summed E-state index contributed by atoms with van der Waals surface area (Å²) in [6.07, 6.45) is 51.0. The minimum absolute atomic E-state index is 0.279. The van der Waals surface area contributed by atoms with Gasteiger partial charge in [-0.25, -0.2) is 0 Å². The quantitative estimate of drug-likeness (QED) is 0.0276. The van der Waals surface area contributed by atoms with E-state index in [1.807, 2.05) is 0 Å². The Morgan fingerprint density at radius 2 is 0.804 bits per heavy atom. The number of nitrogens with one attached hydrogen (secondary N) is 1. The van der Waals surface area contributed by atoms with Crippen LogP contribution in [0.1, 0.15) is 251 Å². The van der Waals surface area contributed by atoms with Crippen molar-refractivity contribution < 1.29 is 28.0 Å². The summed E-state index contributed by atoms with van der Waals surface area (Å²) in [6.45, 7) is 4.54. The normalized spacial score (nSPS) is 13.9. The van der Waals surface area contributed by atoms with E-state index >= 15 is 0 Å². The summed E-state index contributed by atoms with van der Waals surface area (Å²) < 4.78 is 32.6. The van der Waals surface area contributed by atoms with Crippen molar-refractivity contribution in [2.45, 2.75) is 270 Å². The molecule has 0 saturated heterocycles. The van der Waals surface area contributed by atoms with E-state index in [0.717, 1.165) is 32.1 Å². The maximum atomic E-state index is 12.6. The zero-order valence-electron chi connectivity index (χ0n) is 36.9. The van der Waals surface area contributed by atoms with Crippen LogP contribution in [0.5, 0.6) is 0 Å². The summed E-state index contributed by atoms with van der Waals surface area (Å²) in [4.78, 5) is 12.6. The number of carbonyl (C=O) groups excluding carboxylic acids is 1. The number of rotatable bonds is 44. The minimum Gasteiger partial charge on any atom is -0.387 e. The summed E-state index contributed by atoms with van der Waals surface area (Å²) in [5.41, 5.74) is 0. The molecule has 56 heavy (non-hydrogen) atoms. The Morgan fingerprint density at radius 1 is 0.482 bits per heavy atom. The molecule has 4 N–H and O–H groups in total. The predicted molar refractivity (Wildman–Crippen MR) is 241 cm³/mol. The lowest BCUT2D eigenvalue weighted by atomic mass is 10.0. The third-order valence-electron chi connectivity index (χ3n) is 11.2. The molecule has 0 aliphatic heterocycles. The Labute approximate surface area is 347 Å². The first kappa shape index (κ1) is 54.8. The first-order valence-corrected chi connectivity index (χ1v) is 25.8. The number of aliphatic hydroxyl groups is 2. The molecule has 3 atom stereocenters. The Balaban J connectivity index is 3.96. The summed E-state index contributed by atoms with van der Waals surface area (Å²) in [5.74, 6) is -1.55. The molecule has 0 radical (unpaired) electrons. The summed E-state index contributed by atoms with van der Waals surface area (Å²) in [5, 5.41) is 23.5. The number of amides is 1. The molecule has 0 aromatic carbocycles. The highest BCUT2D eigenvalue weighted by Gasteiger charge is 2.27. The first-order chi connectivity index (χ1) is 27.2. The van der Waals surface area contributed by atoms with Crippen LogP contribution in [0.3, 0.4) is 0 Å². The molecule has 0 aliphatic carbocycles. The SMILES string of the molecule is CCCCCCCCCCCCCCCCC/C=C/CC/C=C/C(O)C(CS(=O)(=O)O)NC(=O)C(O)CCCCCCCCCCCCCCCCCCCC. The van der Waals surface area contributed by atoms with Crippen molar-refractivity contribution in [2.24, 2.45) is 0 Å². The van der Waals surface area contributed by atoms with Crippen molar-refractivity contribution in [3.63, 3.8) is 0 Å². The number of unbranched alkanes of at least 4 members (excludes halogenated alkanes) is 33. The van der Waals surface area contributed by atoms with Crippen molar-refractivity contribution in [2.75, 3.05) is 5.75 Å². The Morgan fingerprint density at radius 3 is 1.18 bits per heavy atom. The van der Waals surface area contributed by atoms with Gasteiger partial charge in [-0.1, -0.05) is 244 Å². The van der Waals surface area contributed by atoms with Crippen LogP contribution >= 0.6 is 0 Å². The fourth-order valence-electron chi connectivity index (χ4n) is 7.53. The van der Waals surface area contributed by atoms with E-state index in [1.165, 1.54) is 192 Å². The predicted octanol–water partition coefficient (Wildman–Crippen LogP) is 13.7. The van der Waals surface area contributed by atoms with Crippen LogP contribution in [0.4, 0.5) is 0 Å². The molecule has 0 aromatic heterocycles. The number of hydrogen-bond acceptors (Lipinski definition) is 5. The highest BCUT2D eigenvalue weighted by molar-refractivity contribution is 7.85. The molecule has 3 unspecified atom stereocenters. The lowest BCUT2D eigenvalue weighted by Crippen LogP contribution is -2.50. The molecule has 0 rings (SSSR count). The van der Waals surface area contributed by atoms with Gasteiger partial charge in [0.2, 0.25) is 5.91 Å². The van der Waals surface area contributed by atoms with Gasteiger partial charge in [0.1, 0.15) is 6.10 Å². The van der Waals surface area contributed by atoms with Gasteiger partial charge in [0, 0.05) is 0 Å². The molecular weight excluding hydrogens is 719 g/mol. The second kappa shape index (κ2) is 41.9. The van der Waals surface area contributed by atoms with E-state index in [2.05, 4.69) is 31.3 Å². The molecule has 0 bridgehead atoms. The molecule has 0 saturated carbocycles. The Kier molecular flexibility index (Phi) is 41.0. The van der Waals surface area contributed by atoms with E-state index in [1.54, 1.807) is 6.08 Å². The lowest BCUT2D eigenvalue weighted by molar-refractivity contribution is -0.130. The molecule has 0 aromatic rings. The minimum atomic E-state index is -4.45. The topological polar surface area (TPSA) is 124 Å². The van der Waals surface area contributed by atoms with Crippen LogP contribution < -0.4 is 5.32 Å². The average molecular weight is 812 g/mol. The van der Waals surface area contributed by atoms with Crippen LogP contribution in [0.25, 0.3) is 0 Å². The molecule has 1 amide bonds. The van der Waals surface area contributed by atoms with Crippen molar-refractivity contribution in [1.82, 2.24) is 5.32 Å². The fourth-order valence-corrected chi connectivity index (χ4v) is 8.27. The van der Waals surface area contributed by atoms with Gasteiger partial charge < -0.3 is 15.5 Å². The molecule has 7 nitrogen and oxygen atoms in total. The van der Waals surface area contributed by atoms with Crippen LogP contribution in [0, 0.1) is 0 Å². The molecule has 0 aliphatic rings. The van der Waals surface area contributed by atoms with E-state index < -0.39 is 40.0 Å². The number of allylic oxidation sites excluding steroid dienone is 3. The van der Waals surface area contributed by atoms with E-state index in [-0.39, 0.29) is 6.42 Å². The standard InChI is InChI=1S/C48H93NO6S/c1-3-5-7-9-11-13-15-17-19-21-23-24-25-27-28-30-32-34-36-38-40-42-46(50)45(44-56(53,54)55)49-48(52)47(51)43-41-39-37-35-33-31-29-26-22-20-18-16-14-12-10-8-6-4-2/h32,34,40,42,45-47,50-51H,3-31,33,35-39,41,43-44H2,1-2H3,(H,49,52)(H,53,54,55)/b34-32+,42-40+. The molecule has 332 valence electrons. The average Bonchev–Trinajstić information content (AvgIpc) is 3.17. The maximum Gasteiger partial charge on any atom is 0.267 e. The Hall–Kier alpha value is -1.22. The van der Waals surface area contributed by atoms with Crippen molar-refractivity contribution in [3.8, 4) is 0 Å². The second-order valence-corrected chi connectivity index (χ2v) is 18.4. The fraction of sp³-hybridized carbons (Fsp3) is 0.896. The lowest BCUT2D eigenvalue weighted by Gasteiger charge is -2.22. The first-order valence-electron chi connectivity index (χ1n) is 24.1. The molecule has 8 heteroatoms. The van der Waals surface area contributed by atoms with E-state index in [9.17, 15) is 28.0 Å². The molecule has 0 spiro atoms. The smallest absolute Gasteiger partial charge is 0.267 e. The van der Waals surface area contributed by atoms with Gasteiger partial charge >= 0.3 is 0 Å². The van der Waals surface area contributed by atoms with Gasteiger partial charge in [0.25, 0.3) is 10.1 Å². The van der Waals surface area contributed by atoms with Crippen molar-refractivity contribution in [1.29, 1.82) is 0 Å². The zero-order chi connectivity index (χ0) is 41.2. The maximum absolute atomic E-state index is 12.6. The zero-order valence-corrected chi connectivity index (χ0v) is 37.7. The Bertz CT molecular complexity index is 1000. The molecule has 0 heterocycles. The highest BCUT2D eigenvalue weighted by atomic mass is 32.2. The van der Waals surface area contributed by atoms with Crippen molar-refractivity contribution in [3.05, 3.63) is 24.3 Å². The van der Waals surface area contributed by atoms with Gasteiger partial charge in [-0.2, -0.15) is 8.42 Å². The van der Waals surface area contributed by atoms with E-state index in [4.69, 9.17) is 0 Å². The highest BCUT2D eigenvalue weighted by Crippen LogP contribution is 2.16. The third kappa shape index (κ3) is 41.0. The van der Waals surface area contributed by atoms with Crippen LogP contribution in [0.15, 0.2) is 24.3 Å². The number of carbonyl (C=O) groups is 1. The summed E-state index contributed by atoms with van der Waals surface area (Å²) >= 11 is 0. The van der Waals surface area contributed by atoms with Crippen molar-refractivity contribution >= 4 is 16.0 Å². The van der Waals surface area contributed by atoms with Crippen LogP contribution in [-0.2, 0) is 14.9 Å². The third-order valence-corrected chi connectivity index (χ3v) is 12.0. The summed E-state index contributed by atoms with van der Waals surface area (Å²) in [6, 6.07) is -1.25. The monoisotopic (exact) mass is 812 g/mol. The second-order valence-electron chi connectivity index (χ2n) is 16.9. The van der Waals surface area contributed by atoms with Gasteiger partial charge in [-0.05, 0) is 32.1 Å². The number of hydrogen-bond donors (Lipinski definition) is 4. The summed E-state index contributed by atoms with van der Waals surface area (Å²) in [7, 11) is -4.45. The van der Waals surface area contributed by atoms with Crippen LogP contribution in [0.2, 0.25) is 0 Å².